The Balaban J connectivity index is 2.10. The normalized spacial score (nSPS) is 11.5. The molecule has 0 aliphatic rings. The number of phenolic OH excluding ortho intramolecular Hbond substituents is 1. The van der Waals surface area contributed by atoms with Gasteiger partial charge in [0.05, 0.1) is 18.9 Å². The summed E-state index contributed by atoms with van der Waals surface area (Å²) in [5, 5.41) is 12.2. The van der Waals surface area contributed by atoms with Crippen LogP contribution in [-0.4, -0.2) is 12.2 Å². The maximum Gasteiger partial charge on any atom is 0.336 e. The number of rotatable bonds is 2. The highest BCUT2D eigenvalue weighted by Crippen LogP contribution is 2.47. The molecule has 5 rings (SSSR count). The molecule has 0 bridgehead atoms. The molecule has 3 heterocycles. The summed E-state index contributed by atoms with van der Waals surface area (Å²) >= 11 is 0. The Morgan fingerprint density at radius 2 is 1.46 bits per heavy atom. The van der Waals surface area contributed by atoms with E-state index in [4.69, 9.17) is 18.0 Å². The first kappa shape index (κ1) is 16.2. The molecule has 7 heteroatoms. The second-order valence-electron chi connectivity index (χ2n) is 6.20. The Bertz CT molecular complexity index is 1500. The summed E-state index contributed by atoms with van der Waals surface area (Å²) in [5.41, 5.74) is 0.347. The molecular weight excluding hydrogens is 364 g/mol. The van der Waals surface area contributed by atoms with Gasteiger partial charge in [-0.2, -0.15) is 0 Å². The van der Waals surface area contributed by atoms with Crippen molar-refractivity contribution in [2.24, 2.45) is 0 Å². The number of phenols is 1. The third kappa shape index (κ3) is 2.16. The van der Waals surface area contributed by atoms with Crippen molar-refractivity contribution in [2.45, 2.75) is 0 Å². The van der Waals surface area contributed by atoms with E-state index in [0.29, 0.717) is 38.6 Å². The van der Waals surface area contributed by atoms with Crippen molar-refractivity contribution in [3.8, 4) is 22.6 Å². The molecule has 3 aromatic heterocycles. The first-order valence-electron chi connectivity index (χ1n) is 8.35. The van der Waals surface area contributed by atoms with Crippen molar-refractivity contribution >= 4 is 32.9 Å². The Morgan fingerprint density at radius 3 is 2.25 bits per heavy atom. The van der Waals surface area contributed by atoms with Gasteiger partial charge in [0.2, 0.25) is 5.75 Å². The van der Waals surface area contributed by atoms with E-state index in [9.17, 15) is 14.7 Å². The second kappa shape index (κ2) is 5.75. The van der Waals surface area contributed by atoms with Crippen LogP contribution in [0.25, 0.3) is 44.0 Å². The lowest BCUT2D eigenvalue weighted by molar-refractivity contribution is 0.416. The summed E-state index contributed by atoms with van der Waals surface area (Å²) in [5.74, 6) is 0.166. The average molecular weight is 376 g/mol. The van der Waals surface area contributed by atoms with Crippen LogP contribution in [0.15, 0.2) is 71.6 Å². The largest absolute Gasteiger partial charge is 0.502 e. The molecule has 5 aromatic rings. The number of furan rings is 1. The molecule has 0 saturated carbocycles. The smallest absolute Gasteiger partial charge is 0.336 e. The van der Waals surface area contributed by atoms with Crippen LogP contribution in [0, 0.1) is 0 Å². The van der Waals surface area contributed by atoms with E-state index in [2.05, 4.69) is 0 Å². The molecule has 0 unspecified atom stereocenters. The lowest BCUT2D eigenvalue weighted by Crippen LogP contribution is -1.99. The number of ether oxygens (including phenoxy) is 1. The van der Waals surface area contributed by atoms with Crippen LogP contribution in [0.5, 0.6) is 11.5 Å². The van der Waals surface area contributed by atoms with Gasteiger partial charge in [0.25, 0.3) is 0 Å². The summed E-state index contributed by atoms with van der Waals surface area (Å²) in [7, 11) is 1.50. The molecule has 0 saturated heterocycles. The molecule has 0 spiro atoms. The highest BCUT2D eigenvalue weighted by molar-refractivity contribution is 6.17. The first-order valence-corrected chi connectivity index (χ1v) is 8.35. The molecule has 0 radical (unpaired) electrons. The van der Waals surface area contributed by atoms with E-state index >= 15 is 0 Å². The van der Waals surface area contributed by atoms with Crippen LogP contribution in [0.2, 0.25) is 0 Å². The number of hydrogen-bond acceptors (Lipinski definition) is 7. The molecule has 1 N–H and O–H groups in total. The van der Waals surface area contributed by atoms with Crippen molar-refractivity contribution in [3.05, 3.63) is 69.6 Å². The third-order valence-electron chi connectivity index (χ3n) is 4.69. The van der Waals surface area contributed by atoms with Gasteiger partial charge < -0.3 is 23.1 Å². The molecule has 0 aliphatic heterocycles. The minimum absolute atomic E-state index is 0.0257. The van der Waals surface area contributed by atoms with Crippen molar-refractivity contribution < 1.29 is 23.1 Å². The van der Waals surface area contributed by atoms with Gasteiger partial charge in [0.1, 0.15) is 11.3 Å². The van der Waals surface area contributed by atoms with Gasteiger partial charge in [0.15, 0.2) is 11.2 Å². The van der Waals surface area contributed by atoms with E-state index in [-0.39, 0.29) is 16.9 Å². The minimum Gasteiger partial charge on any atom is -0.502 e. The van der Waals surface area contributed by atoms with Gasteiger partial charge >= 0.3 is 11.3 Å². The third-order valence-corrected chi connectivity index (χ3v) is 4.69. The van der Waals surface area contributed by atoms with Crippen molar-refractivity contribution in [1.29, 1.82) is 0 Å². The van der Waals surface area contributed by atoms with E-state index < -0.39 is 11.3 Å². The van der Waals surface area contributed by atoms with Crippen LogP contribution in [0.3, 0.4) is 0 Å². The summed E-state index contributed by atoms with van der Waals surface area (Å²) in [4.78, 5) is 23.7. The summed E-state index contributed by atoms with van der Waals surface area (Å²) in [6.45, 7) is 0. The molecule has 138 valence electrons. The lowest BCUT2D eigenvalue weighted by Gasteiger charge is -2.14. The fraction of sp³-hybridized carbons (Fsp3) is 0.0476. The minimum atomic E-state index is -0.615. The maximum atomic E-state index is 11.9. The highest BCUT2D eigenvalue weighted by atomic mass is 16.5. The number of fused-ring (bicyclic) bond motifs is 3. The van der Waals surface area contributed by atoms with E-state index in [0.717, 1.165) is 0 Å². The molecule has 0 aliphatic carbocycles. The predicted octanol–water partition coefficient (Wildman–Crippen LogP) is 4.03. The van der Waals surface area contributed by atoms with Gasteiger partial charge in [-0.05, 0) is 30.3 Å². The maximum absolute atomic E-state index is 11.9. The monoisotopic (exact) mass is 376 g/mol. The zero-order valence-electron chi connectivity index (χ0n) is 14.5. The van der Waals surface area contributed by atoms with E-state index in [1.807, 2.05) is 0 Å². The lowest BCUT2D eigenvalue weighted by atomic mass is 9.94. The van der Waals surface area contributed by atoms with Gasteiger partial charge in [-0.25, -0.2) is 9.59 Å². The standard InChI is InChI=1S/C21H12O7/c1-25-13-5-2-10-3-6-14(22)27-19(10)17(13)16-11-4-7-15(23)28-21(11)18(24)20-12(16)8-9-26-20/h2-9,24H,1H3. The molecule has 0 amide bonds. The van der Waals surface area contributed by atoms with Crippen molar-refractivity contribution in [1.82, 2.24) is 0 Å². The number of hydrogen-bond donors (Lipinski definition) is 1. The summed E-state index contributed by atoms with van der Waals surface area (Å²) < 4.78 is 21.7. The number of methoxy groups -OCH3 is 1. The van der Waals surface area contributed by atoms with Crippen molar-refractivity contribution in [3.63, 3.8) is 0 Å². The molecule has 28 heavy (non-hydrogen) atoms. The van der Waals surface area contributed by atoms with E-state index in [1.165, 1.54) is 25.5 Å². The van der Waals surface area contributed by atoms with Crippen LogP contribution in [0.1, 0.15) is 0 Å². The quantitative estimate of drug-likeness (QED) is 0.464. The summed E-state index contributed by atoms with van der Waals surface area (Å²) in [6, 6.07) is 11.0. The van der Waals surface area contributed by atoms with Crippen LogP contribution in [-0.2, 0) is 0 Å². The Morgan fingerprint density at radius 1 is 0.786 bits per heavy atom. The van der Waals surface area contributed by atoms with Gasteiger partial charge in [-0.3, -0.25) is 0 Å². The topological polar surface area (TPSA) is 103 Å². The van der Waals surface area contributed by atoms with Crippen molar-refractivity contribution in [2.75, 3.05) is 7.11 Å². The van der Waals surface area contributed by atoms with Gasteiger partial charge in [-0.15, -0.1) is 0 Å². The van der Waals surface area contributed by atoms with Crippen LogP contribution >= 0.6 is 0 Å². The van der Waals surface area contributed by atoms with Crippen LogP contribution < -0.4 is 16.0 Å². The van der Waals surface area contributed by atoms with Crippen LogP contribution in [0.4, 0.5) is 0 Å². The molecule has 0 atom stereocenters. The zero-order chi connectivity index (χ0) is 19.4. The summed E-state index contributed by atoms with van der Waals surface area (Å²) in [6.07, 6.45) is 1.42. The zero-order valence-corrected chi connectivity index (χ0v) is 14.5. The number of aromatic hydroxyl groups is 1. The second-order valence-corrected chi connectivity index (χ2v) is 6.20. The average Bonchev–Trinajstić information content (AvgIpc) is 3.18. The molecule has 2 aromatic carbocycles. The Kier molecular flexibility index (Phi) is 3.33. The first-order chi connectivity index (χ1) is 13.6. The molecule has 0 fully saturated rings. The highest BCUT2D eigenvalue weighted by Gasteiger charge is 2.24. The predicted molar refractivity (Wildman–Crippen MR) is 102 cm³/mol. The number of benzene rings is 2. The Labute approximate surface area is 156 Å². The van der Waals surface area contributed by atoms with Gasteiger partial charge in [0, 0.05) is 33.9 Å². The Hall–Kier alpha value is -4.00. The molecule has 7 nitrogen and oxygen atoms in total. The fourth-order valence-electron chi connectivity index (χ4n) is 3.52. The SMILES string of the molecule is COc1ccc2ccc(=O)oc2c1-c1c2ccoc2c(O)c2oc(=O)ccc12. The van der Waals surface area contributed by atoms with Gasteiger partial charge in [-0.1, -0.05) is 0 Å². The molecular formula is C21H12O7. The fourth-order valence-corrected chi connectivity index (χ4v) is 3.52. The van der Waals surface area contributed by atoms with E-state index in [1.54, 1.807) is 30.3 Å².